The van der Waals surface area contributed by atoms with Crippen LogP contribution < -0.4 is 22.1 Å². The van der Waals surface area contributed by atoms with Crippen molar-refractivity contribution in [1.82, 2.24) is 20.5 Å². The van der Waals surface area contributed by atoms with E-state index in [0.717, 1.165) is 24.1 Å². The Morgan fingerprint density at radius 1 is 1.16 bits per heavy atom. The molecule has 1 saturated heterocycles. The predicted molar refractivity (Wildman–Crippen MR) is 145 cm³/mol. The molecule has 204 valence electrons. The molecule has 0 aliphatic carbocycles. The molecule has 1 aromatic heterocycles. The highest BCUT2D eigenvalue weighted by Crippen LogP contribution is 2.20. The molecule has 2 aromatic rings. The molecule has 0 spiro atoms. The van der Waals surface area contributed by atoms with Crippen LogP contribution in [0.3, 0.4) is 0 Å². The second kappa shape index (κ2) is 16.5. The number of aldehydes is 1. The van der Waals surface area contributed by atoms with Crippen molar-refractivity contribution in [2.75, 3.05) is 19.6 Å². The lowest BCUT2D eigenvalue weighted by atomic mass is 10.0. The maximum absolute atomic E-state index is 13.4. The second-order valence-corrected chi connectivity index (χ2v) is 8.76. The van der Waals surface area contributed by atoms with E-state index in [1.807, 2.05) is 37.3 Å². The number of carbonyl (C=O) groups excluding carboxylic acids is 4. The van der Waals surface area contributed by atoms with Crippen LogP contribution in [0.1, 0.15) is 37.3 Å². The summed E-state index contributed by atoms with van der Waals surface area (Å²) >= 11 is 0. The minimum atomic E-state index is -0.800. The van der Waals surface area contributed by atoms with Gasteiger partial charge in [0.15, 0.2) is 5.96 Å². The smallest absolute Gasteiger partial charge is 0.246 e. The maximum Gasteiger partial charge on any atom is 0.246 e. The number of aromatic nitrogens is 1. The standard InChI is InChI=1S/C23H26N4O4.C4H11N3/c28-13-11-25-22(30)20-9-5-12-27(20)23(31)19(14-17-6-2-1-3-7-17)26-21(29)15-18-8-4-10-24-16-18;1-2-3-7-4(5)6/h1-4,6-8,10,13,16,19-20H,5,9,11-12,14-15H2,(H,25,30)(H,26,29);2-3H2,1H3,(H4,5,6,7)/t19-,20+;/m1./s1. The number of nitrogens with two attached hydrogens (primary N) is 2. The number of aliphatic imine (C=N–C) groups is 1. The van der Waals surface area contributed by atoms with Crippen molar-refractivity contribution >= 4 is 30.0 Å². The topological polar surface area (TPSA) is 173 Å². The number of carbonyl (C=O) groups is 4. The Bertz CT molecular complexity index is 1060. The average molecular weight is 524 g/mol. The van der Waals surface area contributed by atoms with Crippen LogP contribution in [0.2, 0.25) is 0 Å². The first kappa shape index (κ1) is 29.9. The predicted octanol–water partition coefficient (Wildman–Crippen LogP) is 0.328. The number of likely N-dealkylation sites (tertiary alicyclic amines) is 1. The van der Waals surface area contributed by atoms with Gasteiger partial charge in [-0.15, -0.1) is 0 Å². The summed E-state index contributed by atoms with van der Waals surface area (Å²) in [5, 5.41) is 5.37. The summed E-state index contributed by atoms with van der Waals surface area (Å²) in [5.41, 5.74) is 11.7. The zero-order valence-electron chi connectivity index (χ0n) is 21.7. The van der Waals surface area contributed by atoms with Gasteiger partial charge in [-0.25, -0.2) is 0 Å². The van der Waals surface area contributed by atoms with Gasteiger partial charge in [-0.05, 0) is 36.5 Å². The van der Waals surface area contributed by atoms with Crippen LogP contribution in [0.15, 0.2) is 59.9 Å². The lowest BCUT2D eigenvalue weighted by Crippen LogP contribution is -2.54. The van der Waals surface area contributed by atoms with Crippen molar-refractivity contribution in [2.24, 2.45) is 16.5 Å². The molecule has 11 heteroatoms. The Morgan fingerprint density at radius 3 is 2.50 bits per heavy atom. The third kappa shape index (κ3) is 10.4. The number of amides is 3. The molecule has 0 saturated carbocycles. The monoisotopic (exact) mass is 523 g/mol. The zero-order valence-corrected chi connectivity index (χ0v) is 21.7. The Labute approximate surface area is 223 Å². The molecule has 0 bridgehead atoms. The average Bonchev–Trinajstić information content (AvgIpc) is 3.41. The SMILES string of the molecule is CCCN=C(N)N.O=CCNC(=O)[C@@H]1CCCN1C(=O)[C@@H](Cc1ccccc1)NC(=O)Cc1cccnc1. The molecule has 11 nitrogen and oxygen atoms in total. The fourth-order valence-corrected chi connectivity index (χ4v) is 3.99. The normalized spacial score (nSPS) is 14.9. The molecule has 1 aliphatic heterocycles. The quantitative estimate of drug-likeness (QED) is 0.186. The molecule has 1 aliphatic rings. The van der Waals surface area contributed by atoms with Gasteiger partial charge in [0.05, 0.1) is 13.0 Å². The van der Waals surface area contributed by atoms with Crippen LogP contribution in [-0.4, -0.2) is 71.6 Å². The van der Waals surface area contributed by atoms with Crippen molar-refractivity contribution in [3.63, 3.8) is 0 Å². The molecule has 2 atom stereocenters. The summed E-state index contributed by atoms with van der Waals surface area (Å²) < 4.78 is 0. The number of benzene rings is 1. The molecule has 0 radical (unpaired) electrons. The van der Waals surface area contributed by atoms with E-state index in [-0.39, 0.29) is 36.6 Å². The van der Waals surface area contributed by atoms with Gasteiger partial charge in [-0.2, -0.15) is 0 Å². The highest BCUT2D eigenvalue weighted by molar-refractivity contribution is 5.93. The van der Waals surface area contributed by atoms with Crippen molar-refractivity contribution in [1.29, 1.82) is 0 Å². The third-order valence-corrected chi connectivity index (χ3v) is 5.72. The van der Waals surface area contributed by atoms with E-state index in [1.54, 1.807) is 24.5 Å². The number of hydrogen-bond donors (Lipinski definition) is 4. The highest BCUT2D eigenvalue weighted by atomic mass is 16.2. The molecule has 3 rings (SSSR count). The van der Waals surface area contributed by atoms with Gasteiger partial charge in [0, 0.05) is 31.9 Å². The number of nitrogens with zero attached hydrogens (tertiary/aromatic N) is 3. The largest absolute Gasteiger partial charge is 0.370 e. The summed E-state index contributed by atoms with van der Waals surface area (Å²) in [6.45, 7) is 3.10. The van der Waals surface area contributed by atoms with Crippen molar-refractivity contribution in [3.05, 3.63) is 66.0 Å². The fourth-order valence-electron chi connectivity index (χ4n) is 3.99. The fraction of sp³-hybridized carbons (Fsp3) is 0.407. The summed E-state index contributed by atoms with van der Waals surface area (Å²) in [6.07, 6.45) is 6.49. The molecule has 38 heavy (non-hydrogen) atoms. The second-order valence-electron chi connectivity index (χ2n) is 8.76. The summed E-state index contributed by atoms with van der Waals surface area (Å²) in [7, 11) is 0. The first-order chi connectivity index (χ1) is 18.3. The van der Waals surface area contributed by atoms with Gasteiger partial charge in [-0.3, -0.25) is 24.4 Å². The van der Waals surface area contributed by atoms with E-state index in [4.69, 9.17) is 11.5 Å². The molecule has 0 unspecified atom stereocenters. The molecule has 2 heterocycles. The Kier molecular flexibility index (Phi) is 13.0. The van der Waals surface area contributed by atoms with E-state index in [1.165, 1.54) is 4.90 Å². The van der Waals surface area contributed by atoms with Crippen LogP contribution in [0, 0.1) is 0 Å². The first-order valence-electron chi connectivity index (χ1n) is 12.6. The summed E-state index contributed by atoms with van der Waals surface area (Å²) in [6, 6.07) is 11.5. The Hall–Kier alpha value is -4.28. The van der Waals surface area contributed by atoms with Gasteiger partial charge in [0.25, 0.3) is 0 Å². The van der Waals surface area contributed by atoms with Gasteiger partial charge >= 0.3 is 0 Å². The Balaban J connectivity index is 0.000000638. The van der Waals surface area contributed by atoms with Gasteiger partial charge < -0.3 is 31.8 Å². The van der Waals surface area contributed by atoms with Crippen LogP contribution in [0.4, 0.5) is 0 Å². The van der Waals surface area contributed by atoms with Crippen LogP contribution >= 0.6 is 0 Å². The van der Waals surface area contributed by atoms with Crippen LogP contribution in [0.25, 0.3) is 0 Å². The van der Waals surface area contributed by atoms with Gasteiger partial charge in [0.2, 0.25) is 17.7 Å². The molecular weight excluding hydrogens is 486 g/mol. The number of nitrogens with one attached hydrogen (secondary N) is 2. The lowest BCUT2D eigenvalue weighted by Gasteiger charge is -2.28. The summed E-state index contributed by atoms with van der Waals surface area (Å²) in [5.74, 6) is -0.754. The van der Waals surface area contributed by atoms with E-state index in [9.17, 15) is 19.2 Å². The van der Waals surface area contributed by atoms with E-state index >= 15 is 0 Å². The van der Waals surface area contributed by atoms with Gasteiger partial charge in [-0.1, -0.05) is 43.3 Å². The maximum atomic E-state index is 13.4. The zero-order chi connectivity index (χ0) is 27.8. The molecule has 6 N–H and O–H groups in total. The summed E-state index contributed by atoms with van der Waals surface area (Å²) in [4.78, 5) is 58.3. The van der Waals surface area contributed by atoms with E-state index in [2.05, 4.69) is 20.6 Å². The number of guanidine groups is 1. The first-order valence-corrected chi connectivity index (χ1v) is 12.6. The van der Waals surface area contributed by atoms with Crippen molar-refractivity contribution < 1.29 is 19.2 Å². The minimum Gasteiger partial charge on any atom is -0.370 e. The molecular formula is C27H37N7O4. The molecule has 3 amide bonds. The Morgan fingerprint density at radius 2 is 1.89 bits per heavy atom. The van der Waals surface area contributed by atoms with Crippen LogP contribution in [0.5, 0.6) is 0 Å². The van der Waals surface area contributed by atoms with Crippen LogP contribution in [-0.2, 0) is 32.0 Å². The number of rotatable bonds is 11. The van der Waals surface area contributed by atoms with E-state index < -0.39 is 12.1 Å². The lowest BCUT2D eigenvalue weighted by molar-refractivity contribution is -0.141. The van der Waals surface area contributed by atoms with Crippen molar-refractivity contribution in [2.45, 2.75) is 51.1 Å². The molecule has 1 aromatic carbocycles. The highest BCUT2D eigenvalue weighted by Gasteiger charge is 2.37. The minimum absolute atomic E-state index is 0.0906. The number of pyridine rings is 1. The van der Waals surface area contributed by atoms with Gasteiger partial charge in [0.1, 0.15) is 18.4 Å². The number of hydrogen-bond acceptors (Lipinski definition) is 6. The third-order valence-electron chi connectivity index (χ3n) is 5.72. The molecule has 1 fully saturated rings. The van der Waals surface area contributed by atoms with E-state index in [0.29, 0.717) is 32.1 Å². The van der Waals surface area contributed by atoms with Crippen molar-refractivity contribution in [3.8, 4) is 0 Å².